The van der Waals surface area contributed by atoms with Crippen molar-refractivity contribution in [2.45, 2.75) is 24.9 Å². The summed E-state index contributed by atoms with van der Waals surface area (Å²) in [6, 6.07) is 10.4. The average Bonchev–Trinajstić information content (AvgIpc) is 3.02. The van der Waals surface area contributed by atoms with Gasteiger partial charge in [-0.05, 0) is 25.0 Å². The van der Waals surface area contributed by atoms with Crippen LogP contribution in [0.4, 0.5) is 5.69 Å². The van der Waals surface area contributed by atoms with Crippen molar-refractivity contribution in [2.24, 2.45) is 0 Å². The van der Waals surface area contributed by atoms with Crippen molar-refractivity contribution in [1.82, 2.24) is 10.3 Å². The van der Waals surface area contributed by atoms with E-state index in [1.54, 1.807) is 0 Å². The zero-order valence-electron chi connectivity index (χ0n) is 11.8. The Morgan fingerprint density at radius 3 is 2.43 bits per heavy atom. The Morgan fingerprint density at radius 2 is 1.71 bits per heavy atom. The van der Waals surface area contributed by atoms with Gasteiger partial charge in [0.25, 0.3) is 0 Å². The number of H-pyrrole nitrogens is 1. The summed E-state index contributed by atoms with van der Waals surface area (Å²) in [6.07, 6.45) is 1.83. The van der Waals surface area contributed by atoms with Crippen molar-refractivity contribution in [2.75, 3.05) is 18.0 Å². The fraction of sp³-hybridized carbons (Fsp3) is 0.375. The molecule has 0 saturated carbocycles. The van der Waals surface area contributed by atoms with Crippen LogP contribution in [-0.2, 0) is 12.1 Å². The number of fused-ring (bicyclic) bond motifs is 2. The monoisotopic (exact) mass is 285 g/mol. The summed E-state index contributed by atoms with van der Waals surface area (Å²) in [6.45, 7) is 2.48. The molecule has 21 heavy (non-hydrogen) atoms. The second kappa shape index (κ2) is 4.43. The van der Waals surface area contributed by atoms with E-state index in [1.807, 2.05) is 6.07 Å². The van der Waals surface area contributed by atoms with Gasteiger partial charge in [0, 0.05) is 36.4 Å². The molecule has 110 valence electrons. The Labute approximate surface area is 123 Å². The third-order valence-electron chi connectivity index (χ3n) is 4.88. The van der Waals surface area contributed by atoms with Crippen molar-refractivity contribution >= 4 is 5.69 Å². The topological polar surface area (TPSA) is 71.5 Å². The molecule has 0 bridgehead atoms. The number of hydrogen-bond acceptors (Lipinski definition) is 4. The van der Waals surface area contributed by atoms with Crippen molar-refractivity contribution in [3.8, 4) is 11.8 Å². The van der Waals surface area contributed by atoms with E-state index in [1.165, 1.54) is 5.69 Å². The van der Waals surface area contributed by atoms with Crippen LogP contribution in [0.15, 0.2) is 30.3 Å². The molecule has 1 fully saturated rings. The van der Waals surface area contributed by atoms with Crippen LogP contribution in [0.25, 0.3) is 0 Å². The van der Waals surface area contributed by atoms with E-state index in [9.17, 15) is 10.2 Å². The zero-order valence-corrected chi connectivity index (χ0v) is 11.8. The molecule has 4 rings (SSSR count). The summed E-state index contributed by atoms with van der Waals surface area (Å²) in [5, 5.41) is 23.4. The van der Waals surface area contributed by atoms with Crippen LogP contribution in [0.3, 0.4) is 0 Å². The number of nitrogens with one attached hydrogen (secondary N) is 2. The lowest BCUT2D eigenvalue weighted by molar-refractivity contribution is 0.273. The fourth-order valence-corrected chi connectivity index (χ4v) is 3.76. The molecular weight excluding hydrogens is 266 g/mol. The number of aromatic nitrogens is 1. The zero-order chi connectivity index (χ0) is 14.4. The first-order valence-electron chi connectivity index (χ1n) is 7.38. The number of rotatable bonds is 1. The van der Waals surface area contributed by atoms with E-state index in [0.717, 1.165) is 37.1 Å². The Morgan fingerprint density at radius 1 is 1.00 bits per heavy atom. The molecule has 2 aliphatic heterocycles. The Kier molecular flexibility index (Phi) is 2.65. The molecule has 0 aliphatic carbocycles. The van der Waals surface area contributed by atoms with E-state index in [0.29, 0.717) is 6.54 Å². The largest absolute Gasteiger partial charge is 0.494 e. The molecule has 1 aromatic heterocycles. The number of nitrogens with zero attached hydrogens (tertiary/aromatic N) is 1. The maximum Gasteiger partial charge on any atom is 0.196 e. The van der Waals surface area contributed by atoms with Crippen molar-refractivity contribution in [1.29, 1.82) is 0 Å². The maximum absolute atomic E-state index is 10.1. The van der Waals surface area contributed by atoms with Gasteiger partial charge >= 0.3 is 0 Å². The van der Waals surface area contributed by atoms with Gasteiger partial charge in [-0.3, -0.25) is 4.98 Å². The first kappa shape index (κ1) is 12.6. The minimum Gasteiger partial charge on any atom is -0.494 e. The van der Waals surface area contributed by atoms with E-state index in [4.69, 9.17) is 0 Å². The number of piperidine rings is 1. The van der Waals surface area contributed by atoms with Crippen LogP contribution in [-0.4, -0.2) is 28.3 Å². The van der Waals surface area contributed by atoms with E-state index >= 15 is 0 Å². The Bertz CT molecular complexity index is 658. The van der Waals surface area contributed by atoms with Gasteiger partial charge in [0.05, 0.1) is 5.54 Å². The molecule has 3 heterocycles. The SMILES string of the molecule is Oc1[nH]c(O)c2c1CNC21CCN(c2ccccc2)CC1. The molecular formula is C16H19N3O2. The van der Waals surface area contributed by atoms with Crippen LogP contribution in [0.5, 0.6) is 11.8 Å². The highest BCUT2D eigenvalue weighted by Gasteiger charge is 2.45. The summed E-state index contributed by atoms with van der Waals surface area (Å²) in [7, 11) is 0. The Hall–Kier alpha value is -2.14. The highest BCUT2D eigenvalue weighted by atomic mass is 16.3. The van der Waals surface area contributed by atoms with Crippen LogP contribution < -0.4 is 10.2 Å². The predicted molar refractivity (Wildman–Crippen MR) is 80.5 cm³/mol. The highest BCUT2D eigenvalue weighted by molar-refractivity contribution is 5.53. The first-order valence-corrected chi connectivity index (χ1v) is 7.38. The molecule has 0 atom stereocenters. The van der Waals surface area contributed by atoms with Crippen molar-refractivity contribution in [3.63, 3.8) is 0 Å². The number of anilines is 1. The van der Waals surface area contributed by atoms with Gasteiger partial charge in [-0.1, -0.05) is 18.2 Å². The second-order valence-electron chi connectivity index (χ2n) is 5.93. The van der Waals surface area contributed by atoms with Gasteiger partial charge in [0.1, 0.15) is 0 Å². The fourth-order valence-electron chi connectivity index (χ4n) is 3.76. The highest BCUT2D eigenvalue weighted by Crippen LogP contribution is 2.47. The quantitative estimate of drug-likeness (QED) is 0.647. The third-order valence-corrected chi connectivity index (χ3v) is 4.88. The third kappa shape index (κ3) is 1.81. The molecule has 5 heteroatoms. The minimum absolute atomic E-state index is 0.0948. The molecule has 5 nitrogen and oxygen atoms in total. The first-order chi connectivity index (χ1) is 10.2. The smallest absolute Gasteiger partial charge is 0.196 e. The number of benzene rings is 1. The van der Waals surface area contributed by atoms with E-state index in [-0.39, 0.29) is 17.3 Å². The summed E-state index contributed by atoms with van der Waals surface area (Å²) in [5.74, 6) is 0.207. The summed E-state index contributed by atoms with van der Waals surface area (Å²) in [4.78, 5) is 5.02. The molecule has 0 amide bonds. The lowest BCUT2D eigenvalue weighted by Crippen LogP contribution is -2.48. The summed E-state index contributed by atoms with van der Waals surface area (Å²) < 4.78 is 0. The summed E-state index contributed by atoms with van der Waals surface area (Å²) >= 11 is 0. The van der Waals surface area contributed by atoms with Gasteiger partial charge < -0.3 is 20.4 Å². The number of para-hydroxylation sites is 1. The number of hydrogen-bond donors (Lipinski definition) is 4. The standard InChI is InChI=1S/C16H19N3O2/c20-14-12-10-17-16(13(12)15(21)18-14)6-8-19(9-7-16)11-4-2-1-3-5-11/h1-5,17-18,20-21H,6-10H2. The molecule has 4 N–H and O–H groups in total. The van der Waals surface area contributed by atoms with Crippen LogP contribution in [0, 0.1) is 0 Å². The lowest BCUT2D eigenvalue weighted by atomic mass is 9.82. The Balaban J connectivity index is 1.59. The molecule has 2 aliphatic rings. The average molecular weight is 285 g/mol. The van der Waals surface area contributed by atoms with Gasteiger partial charge in [0.15, 0.2) is 11.8 Å². The lowest BCUT2D eigenvalue weighted by Gasteiger charge is -2.41. The van der Waals surface area contributed by atoms with Crippen LogP contribution in [0.1, 0.15) is 24.0 Å². The maximum atomic E-state index is 10.1. The number of aromatic amines is 1. The molecule has 0 unspecified atom stereocenters. The number of aromatic hydroxyl groups is 2. The molecule has 1 spiro atoms. The normalized spacial score (nSPS) is 19.9. The van der Waals surface area contributed by atoms with Gasteiger partial charge in [-0.15, -0.1) is 0 Å². The van der Waals surface area contributed by atoms with Crippen molar-refractivity contribution in [3.05, 3.63) is 41.5 Å². The van der Waals surface area contributed by atoms with E-state index in [2.05, 4.69) is 39.5 Å². The van der Waals surface area contributed by atoms with Gasteiger partial charge in [-0.25, -0.2) is 0 Å². The van der Waals surface area contributed by atoms with Crippen LogP contribution in [0.2, 0.25) is 0 Å². The van der Waals surface area contributed by atoms with Gasteiger partial charge in [-0.2, -0.15) is 0 Å². The van der Waals surface area contributed by atoms with Crippen molar-refractivity contribution < 1.29 is 10.2 Å². The van der Waals surface area contributed by atoms with Crippen LogP contribution >= 0.6 is 0 Å². The molecule has 1 saturated heterocycles. The molecule has 0 radical (unpaired) electrons. The molecule has 2 aromatic rings. The second-order valence-corrected chi connectivity index (χ2v) is 5.93. The molecule has 1 aromatic carbocycles. The summed E-state index contributed by atoms with van der Waals surface area (Å²) in [5.41, 5.74) is 2.72. The predicted octanol–water partition coefficient (Wildman–Crippen LogP) is 2.02. The minimum atomic E-state index is -0.206. The van der Waals surface area contributed by atoms with E-state index < -0.39 is 0 Å². The van der Waals surface area contributed by atoms with Gasteiger partial charge in [0.2, 0.25) is 0 Å².